The van der Waals surface area contributed by atoms with Gasteiger partial charge in [0.1, 0.15) is 11.6 Å². The minimum absolute atomic E-state index is 0.0586. The molecule has 2 heterocycles. The first-order valence-corrected chi connectivity index (χ1v) is 10.2. The van der Waals surface area contributed by atoms with Gasteiger partial charge in [0.2, 0.25) is 0 Å². The first-order valence-electron chi connectivity index (χ1n) is 10.2. The third-order valence-electron chi connectivity index (χ3n) is 5.62. The molecule has 1 atom stereocenters. The molecule has 2 aliphatic rings. The minimum Gasteiger partial charge on any atom is -0.467 e. The summed E-state index contributed by atoms with van der Waals surface area (Å²) in [6.45, 7) is 0.352. The zero-order chi connectivity index (χ0) is 22.1. The number of hydrogen-bond donors (Lipinski definition) is 0. The molecule has 0 saturated heterocycles. The number of carbonyl (C=O) groups is 1. The Morgan fingerprint density at radius 2 is 1.94 bits per heavy atom. The van der Waals surface area contributed by atoms with E-state index < -0.39 is 17.8 Å². The number of fused-ring (bicyclic) bond motifs is 2. The Balaban J connectivity index is 1.54. The molecular weight excluding hydrogens is 411 g/mol. The third-order valence-corrected chi connectivity index (χ3v) is 5.62. The van der Waals surface area contributed by atoms with Crippen LogP contribution in [0.2, 0.25) is 0 Å². The van der Waals surface area contributed by atoms with Gasteiger partial charge >= 0.3 is 0 Å². The van der Waals surface area contributed by atoms with Crippen molar-refractivity contribution in [3.63, 3.8) is 0 Å². The molecule has 0 aliphatic carbocycles. The molecule has 0 saturated carbocycles. The van der Waals surface area contributed by atoms with Crippen LogP contribution in [0.15, 0.2) is 65.8 Å². The van der Waals surface area contributed by atoms with Gasteiger partial charge in [0.05, 0.1) is 18.8 Å². The molecule has 0 bridgehead atoms. The van der Waals surface area contributed by atoms with Crippen LogP contribution in [0, 0.1) is 10.7 Å². The summed E-state index contributed by atoms with van der Waals surface area (Å²) in [6, 6.07) is 16.7. The van der Waals surface area contributed by atoms with E-state index in [1.807, 2.05) is 54.6 Å². The predicted molar refractivity (Wildman–Crippen MR) is 118 cm³/mol. The maximum absolute atomic E-state index is 14.2. The van der Waals surface area contributed by atoms with Crippen LogP contribution in [0.4, 0.5) is 10.1 Å². The average molecular weight is 430 g/mol. The zero-order valence-corrected chi connectivity index (χ0v) is 17.0. The maximum atomic E-state index is 14.2. The summed E-state index contributed by atoms with van der Waals surface area (Å²) in [5.41, 5.74) is 3.96. The summed E-state index contributed by atoms with van der Waals surface area (Å²) >= 11 is 0. The van der Waals surface area contributed by atoms with Gasteiger partial charge in [-0.2, -0.15) is 0 Å². The molecule has 3 aromatic carbocycles. The largest absolute Gasteiger partial charge is 0.467 e. The first-order chi connectivity index (χ1) is 15.7. The van der Waals surface area contributed by atoms with Gasteiger partial charge in [-0.3, -0.25) is 4.79 Å². The Hall–Kier alpha value is -3.84. The molecule has 1 unspecified atom stereocenters. The fourth-order valence-corrected chi connectivity index (χ4v) is 4.19. The highest BCUT2D eigenvalue weighted by atomic mass is 19.1. The number of benzene rings is 3. The molecule has 7 heteroatoms. The summed E-state index contributed by atoms with van der Waals surface area (Å²) in [6.07, 6.45) is 3.79. The second-order valence-electron chi connectivity index (χ2n) is 7.62. The van der Waals surface area contributed by atoms with Crippen molar-refractivity contribution in [2.75, 3.05) is 11.7 Å². The van der Waals surface area contributed by atoms with Gasteiger partial charge in [0, 0.05) is 16.7 Å². The van der Waals surface area contributed by atoms with E-state index in [9.17, 15) is 14.1 Å². The van der Waals surface area contributed by atoms with Crippen molar-refractivity contribution in [2.45, 2.75) is 19.2 Å². The van der Waals surface area contributed by atoms with Crippen molar-refractivity contribution in [3.05, 3.63) is 99.2 Å². The van der Waals surface area contributed by atoms with Crippen molar-refractivity contribution in [1.29, 1.82) is 0 Å². The molecule has 0 spiro atoms. The topological polar surface area (TPSA) is 68.2 Å². The van der Waals surface area contributed by atoms with Gasteiger partial charge < -0.3 is 14.4 Å². The van der Waals surface area contributed by atoms with E-state index in [1.54, 1.807) is 6.07 Å². The monoisotopic (exact) mass is 430 g/mol. The lowest BCUT2D eigenvalue weighted by Gasteiger charge is -2.24. The van der Waals surface area contributed by atoms with Crippen molar-refractivity contribution >= 4 is 23.7 Å². The summed E-state index contributed by atoms with van der Waals surface area (Å²) in [5.74, 6) is -0.375. The first kappa shape index (κ1) is 20.1. The van der Waals surface area contributed by atoms with E-state index in [4.69, 9.17) is 9.47 Å². The second-order valence-corrected chi connectivity index (χ2v) is 7.62. The van der Waals surface area contributed by atoms with E-state index in [0.29, 0.717) is 28.1 Å². The summed E-state index contributed by atoms with van der Waals surface area (Å²) < 4.78 is 25.0. The molecule has 3 aromatic rings. The highest BCUT2D eigenvalue weighted by molar-refractivity contribution is 6.06. The fraction of sp³-hybridized carbons (Fsp3) is 0.160. The fourth-order valence-electron chi connectivity index (χ4n) is 4.19. The van der Waals surface area contributed by atoms with E-state index >= 15 is 0 Å². The highest BCUT2D eigenvalue weighted by Gasteiger charge is 2.40. The third kappa shape index (κ3) is 3.56. The van der Waals surface area contributed by atoms with Crippen molar-refractivity contribution in [1.82, 2.24) is 0 Å². The van der Waals surface area contributed by atoms with Gasteiger partial charge in [0.25, 0.3) is 5.91 Å². The smallest absolute Gasteiger partial charge is 0.260 e. The number of nitroso groups, excluding NO2 is 1. The molecule has 32 heavy (non-hydrogen) atoms. The molecular formula is C25H19FN2O4. The van der Waals surface area contributed by atoms with Gasteiger partial charge in [-0.05, 0) is 29.3 Å². The molecule has 5 rings (SSSR count). The van der Waals surface area contributed by atoms with Crippen LogP contribution < -0.4 is 9.64 Å². The van der Waals surface area contributed by atoms with E-state index in [2.05, 4.69) is 5.18 Å². The summed E-state index contributed by atoms with van der Waals surface area (Å²) in [7, 11) is 0. The van der Waals surface area contributed by atoms with Crippen LogP contribution in [-0.2, 0) is 22.7 Å². The molecule has 6 nitrogen and oxygen atoms in total. The van der Waals surface area contributed by atoms with Crippen molar-refractivity contribution in [2.24, 2.45) is 5.18 Å². The number of anilines is 1. The Morgan fingerprint density at radius 3 is 2.75 bits per heavy atom. The van der Waals surface area contributed by atoms with Gasteiger partial charge in [0.15, 0.2) is 12.8 Å². The Labute approximate surface area is 183 Å². The molecule has 1 amide bonds. The van der Waals surface area contributed by atoms with E-state index in [0.717, 1.165) is 11.1 Å². The molecule has 0 fully saturated rings. The lowest BCUT2D eigenvalue weighted by Crippen LogP contribution is -2.28. The number of amides is 1. The van der Waals surface area contributed by atoms with Gasteiger partial charge in [-0.25, -0.2) is 4.39 Å². The van der Waals surface area contributed by atoms with E-state index in [-0.39, 0.29) is 19.9 Å². The maximum Gasteiger partial charge on any atom is 0.260 e. The SMILES string of the molecule is O=NC1C(=O)N(Cc2cc(F)cc3c2OCOC3)c2cccc(/C=C/c3ccccc3)c21. The van der Waals surface area contributed by atoms with Crippen LogP contribution in [0.5, 0.6) is 5.75 Å². The van der Waals surface area contributed by atoms with Crippen LogP contribution in [-0.4, -0.2) is 12.7 Å². The molecule has 0 N–H and O–H groups in total. The Bertz CT molecular complexity index is 1230. The molecule has 0 aromatic heterocycles. The van der Waals surface area contributed by atoms with E-state index in [1.165, 1.54) is 17.0 Å². The van der Waals surface area contributed by atoms with Gasteiger partial charge in [-0.15, -0.1) is 4.91 Å². The normalized spacial score (nSPS) is 17.2. The predicted octanol–water partition coefficient (Wildman–Crippen LogP) is 5.22. The number of carbonyl (C=O) groups excluding carboxylic acids is 1. The second kappa shape index (κ2) is 8.36. The lowest BCUT2D eigenvalue weighted by atomic mass is 10.0. The average Bonchev–Trinajstić information content (AvgIpc) is 3.09. The quantitative estimate of drug-likeness (QED) is 0.411. The van der Waals surface area contributed by atoms with Gasteiger partial charge in [-0.1, -0.05) is 59.8 Å². The van der Waals surface area contributed by atoms with Crippen LogP contribution >= 0.6 is 0 Å². The minimum atomic E-state index is -1.16. The number of hydrogen-bond acceptors (Lipinski definition) is 5. The van der Waals surface area contributed by atoms with Crippen LogP contribution in [0.3, 0.4) is 0 Å². The molecule has 2 aliphatic heterocycles. The van der Waals surface area contributed by atoms with Crippen LogP contribution in [0.25, 0.3) is 12.2 Å². The Morgan fingerprint density at radius 1 is 1.09 bits per heavy atom. The lowest BCUT2D eigenvalue weighted by molar-refractivity contribution is -0.119. The molecule has 0 radical (unpaired) electrons. The number of ether oxygens (including phenoxy) is 2. The van der Waals surface area contributed by atoms with Crippen molar-refractivity contribution < 1.29 is 18.7 Å². The van der Waals surface area contributed by atoms with Crippen LogP contribution in [0.1, 0.15) is 33.9 Å². The number of nitrogens with zero attached hydrogens (tertiary/aromatic N) is 2. The summed E-state index contributed by atoms with van der Waals surface area (Å²) in [5, 5.41) is 3.12. The zero-order valence-electron chi connectivity index (χ0n) is 17.0. The number of rotatable bonds is 5. The van der Waals surface area contributed by atoms with Crippen molar-refractivity contribution in [3.8, 4) is 5.75 Å². The highest BCUT2D eigenvalue weighted by Crippen LogP contribution is 2.43. The Kier molecular flexibility index (Phi) is 5.25. The standard InChI is InChI=1S/C25H19FN2O4/c26-20-11-18(24-19(12-20)14-31-15-32-24)13-28-21-8-4-7-17(22(21)23(27-30)25(28)29)10-9-16-5-2-1-3-6-16/h1-12,23H,13-15H2/b10-9+. The number of halogens is 1. The summed E-state index contributed by atoms with van der Waals surface area (Å²) in [4.78, 5) is 26.3. The molecule has 160 valence electrons.